The number of amides is 1. The fourth-order valence-electron chi connectivity index (χ4n) is 3.57. The van der Waals surface area contributed by atoms with Gasteiger partial charge in [0.25, 0.3) is 0 Å². The van der Waals surface area contributed by atoms with E-state index < -0.39 is 0 Å². The molecule has 0 unspecified atom stereocenters. The molecule has 4 rings (SSSR count). The first kappa shape index (κ1) is 17.9. The Balaban J connectivity index is 1.35. The van der Waals surface area contributed by atoms with Crippen molar-refractivity contribution in [2.45, 2.75) is 33.1 Å². The molecule has 1 aliphatic heterocycles. The Bertz CT molecular complexity index is 898. The third kappa shape index (κ3) is 3.80. The van der Waals surface area contributed by atoms with Crippen LogP contribution in [0.5, 0.6) is 0 Å². The molecule has 142 valence electrons. The van der Waals surface area contributed by atoms with Gasteiger partial charge in [0.15, 0.2) is 5.13 Å². The number of aromatic nitrogens is 3. The summed E-state index contributed by atoms with van der Waals surface area (Å²) < 4.78 is 5.18. The average Bonchev–Trinajstić information content (AvgIpc) is 3.26. The zero-order valence-corrected chi connectivity index (χ0v) is 16.4. The summed E-state index contributed by atoms with van der Waals surface area (Å²) in [5.41, 5.74) is 2.90. The van der Waals surface area contributed by atoms with Gasteiger partial charge in [-0.1, -0.05) is 16.5 Å². The molecule has 0 radical (unpaired) electrons. The van der Waals surface area contributed by atoms with E-state index in [2.05, 4.69) is 25.3 Å². The second-order valence-corrected chi connectivity index (χ2v) is 7.91. The Morgan fingerprint density at radius 1 is 1.44 bits per heavy atom. The number of rotatable bonds is 5. The van der Waals surface area contributed by atoms with Crippen molar-refractivity contribution >= 4 is 32.7 Å². The van der Waals surface area contributed by atoms with Gasteiger partial charge in [0.1, 0.15) is 16.1 Å². The van der Waals surface area contributed by atoms with Crippen LogP contribution in [0, 0.1) is 19.8 Å². The maximum atomic E-state index is 12.6. The van der Waals surface area contributed by atoms with Gasteiger partial charge >= 0.3 is 0 Å². The van der Waals surface area contributed by atoms with Crippen LogP contribution in [0.1, 0.15) is 29.9 Å². The van der Waals surface area contributed by atoms with Crippen LogP contribution in [0.25, 0.3) is 10.3 Å². The summed E-state index contributed by atoms with van der Waals surface area (Å²) in [4.78, 5) is 24.8. The van der Waals surface area contributed by atoms with Gasteiger partial charge in [-0.05, 0) is 45.2 Å². The summed E-state index contributed by atoms with van der Waals surface area (Å²) in [6.07, 6.45) is 4.44. The number of thiazole rings is 1. The van der Waals surface area contributed by atoms with Gasteiger partial charge in [-0.15, -0.1) is 0 Å². The molecular weight excluding hydrogens is 362 g/mol. The number of piperidine rings is 1. The number of nitrogens with one attached hydrogen (secondary N) is 1. The maximum absolute atomic E-state index is 12.6. The first-order valence-corrected chi connectivity index (χ1v) is 10.1. The lowest BCUT2D eigenvalue weighted by atomic mass is 9.97. The Hall–Kier alpha value is -2.48. The van der Waals surface area contributed by atoms with E-state index in [1.54, 1.807) is 17.5 Å². The fraction of sp³-hybridized carbons (Fsp3) is 0.474. The van der Waals surface area contributed by atoms with Crippen molar-refractivity contribution in [1.29, 1.82) is 0 Å². The van der Waals surface area contributed by atoms with Crippen LogP contribution < -0.4 is 10.2 Å². The van der Waals surface area contributed by atoms with Crippen molar-refractivity contribution in [3.05, 3.63) is 35.3 Å². The van der Waals surface area contributed by atoms with Crippen LogP contribution in [0.2, 0.25) is 0 Å². The van der Waals surface area contributed by atoms with E-state index >= 15 is 0 Å². The molecule has 8 heteroatoms. The van der Waals surface area contributed by atoms with Crippen LogP contribution in [0.15, 0.2) is 22.9 Å². The normalized spacial score (nSPS) is 17.4. The van der Waals surface area contributed by atoms with Crippen molar-refractivity contribution < 1.29 is 9.32 Å². The number of hydrogen-bond acceptors (Lipinski definition) is 7. The second kappa shape index (κ2) is 7.64. The van der Waals surface area contributed by atoms with Gasteiger partial charge in [0.2, 0.25) is 5.91 Å². The zero-order chi connectivity index (χ0) is 18.8. The van der Waals surface area contributed by atoms with Crippen LogP contribution in [-0.4, -0.2) is 40.7 Å². The first-order chi connectivity index (χ1) is 13.1. The average molecular weight is 385 g/mol. The number of hydrogen-bond donors (Lipinski definition) is 1. The summed E-state index contributed by atoms with van der Waals surface area (Å²) in [5, 5.41) is 7.99. The summed E-state index contributed by atoms with van der Waals surface area (Å²) in [6.45, 7) is 6.07. The molecule has 1 fully saturated rings. The first-order valence-electron chi connectivity index (χ1n) is 9.28. The highest BCUT2D eigenvalue weighted by Crippen LogP contribution is 2.30. The number of carbonyl (C=O) groups is 1. The van der Waals surface area contributed by atoms with Gasteiger partial charge in [-0.25, -0.2) is 9.97 Å². The molecule has 1 saturated heterocycles. The number of pyridine rings is 1. The van der Waals surface area contributed by atoms with Crippen LogP contribution in [0.4, 0.5) is 5.13 Å². The maximum Gasteiger partial charge on any atom is 0.224 e. The van der Waals surface area contributed by atoms with Crippen molar-refractivity contribution in [3.63, 3.8) is 0 Å². The molecule has 0 saturated carbocycles. The summed E-state index contributed by atoms with van der Waals surface area (Å²) in [7, 11) is 0. The number of fused-ring (bicyclic) bond motifs is 1. The largest absolute Gasteiger partial charge is 0.361 e. The number of aryl methyl sites for hydroxylation is 2. The lowest BCUT2D eigenvalue weighted by Gasteiger charge is -2.31. The molecule has 0 aliphatic carbocycles. The van der Waals surface area contributed by atoms with Crippen LogP contribution >= 0.6 is 11.3 Å². The Morgan fingerprint density at radius 3 is 3.11 bits per heavy atom. The molecule has 0 spiro atoms. The fourth-order valence-corrected chi connectivity index (χ4v) is 4.52. The highest BCUT2D eigenvalue weighted by Gasteiger charge is 2.27. The molecule has 7 nitrogen and oxygen atoms in total. The number of carbonyl (C=O) groups excluding carboxylic acids is 1. The molecule has 1 atom stereocenters. The predicted molar refractivity (Wildman–Crippen MR) is 105 cm³/mol. The van der Waals surface area contributed by atoms with Gasteiger partial charge in [-0.3, -0.25) is 4.79 Å². The van der Waals surface area contributed by atoms with Gasteiger partial charge in [-0.2, -0.15) is 0 Å². The topological polar surface area (TPSA) is 84.2 Å². The molecule has 0 bridgehead atoms. The highest BCUT2D eigenvalue weighted by molar-refractivity contribution is 7.21. The molecular formula is C19H23N5O2S. The van der Waals surface area contributed by atoms with Crippen molar-refractivity contribution in [3.8, 4) is 0 Å². The summed E-state index contributed by atoms with van der Waals surface area (Å²) in [5.74, 6) is 0.934. The van der Waals surface area contributed by atoms with E-state index in [-0.39, 0.29) is 11.8 Å². The van der Waals surface area contributed by atoms with Gasteiger partial charge < -0.3 is 14.7 Å². The Labute approximate surface area is 161 Å². The molecule has 1 N–H and O–H groups in total. The Kier molecular flexibility index (Phi) is 5.07. The van der Waals surface area contributed by atoms with Crippen molar-refractivity contribution in [2.75, 3.05) is 24.5 Å². The van der Waals surface area contributed by atoms with Crippen LogP contribution in [-0.2, 0) is 11.2 Å². The smallest absolute Gasteiger partial charge is 0.224 e. The molecule has 27 heavy (non-hydrogen) atoms. The molecule has 3 aromatic heterocycles. The second-order valence-electron chi connectivity index (χ2n) is 6.95. The van der Waals surface area contributed by atoms with Crippen molar-refractivity contribution in [1.82, 2.24) is 20.4 Å². The molecule has 4 heterocycles. The van der Waals surface area contributed by atoms with Gasteiger partial charge in [0, 0.05) is 31.4 Å². The van der Waals surface area contributed by atoms with E-state index in [1.807, 2.05) is 26.0 Å². The molecule has 1 amide bonds. The van der Waals surface area contributed by atoms with E-state index in [9.17, 15) is 4.79 Å². The minimum atomic E-state index is -0.0107. The van der Waals surface area contributed by atoms with E-state index in [0.717, 1.165) is 58.3 Å². The zero-order valence-electron chi connectivity index (χ0n) is 15.6. The number of nitrogens with zero attached hydrogens (tertiary/aromatic N) is 4. The highest BCUT2D eigenvalue weighted by atomic mass is 32.1. The van der Waals surface area contributed by atoms with E-state index in [4.69, 9.17) is 4.52 Å². The predicted octanol–water partition coefficient (Wildman–Crippen LogP) is 2.87. The monoisotopic (exact) mass is 385 g/mol. The summed E-state index contributed by atoms with van der Waals surface area (Å²) in [6, 6.07) is 3.88. The molecule has 1 aliphatic rings. The third-order valence-electron chi connectivity index (χ3n) is 5.07. The minimum Gasteiger partial charge on any atom is -0.361 e. The standard InChI is InChI=1S/C19H23N5O2S/c1-12-15(13(2)26-23-12)7-9-20-17(25)14-5-4-10-24(11-14)19-22-16-6-3-8-21-18(16)27-19/h3,6,8,14H,4-5,7,9-11H2,1-2H3,(H,20,25)/t14-/m0/s1. The lowest BCUT2D eigenvalue weighted by Crippen LogP contribution is -2.43. The molecule has 3 aromatic rings. The van der Waals surface area contributed by atoms with Gasteiger partial charge in [0.05, 0.1) is 11.6 Å². The molecule has 0 aromatic carbocycles. The minimum absolute atomic E-state index is 0.0107. The third-order valence-corrected chi connectivity index (χ3v) is 6.11. The summed E-state index contributed by atoms with van der Waals surface area (Å²) >= 11 is 1.59. The lowest BCUT2D eigenvalue weighted by molar-refractivity contribution is -0.125. The quantitative estimate of drug-likeness (QED) is 0.727. The van der Waals surface area contributed by atoms with Crippen molar-refractivity contribution in [2.24, 2.45) is 5.92 Å². The Morgan fingerprint density at radius 2 is 2.33 bits per heavy atom. The SMILES string of the molecule is Cc1noc(C)c1CCNC(=O)[C@H]1CCCN(c2nc3cccnc3s2)C1. The van der Waals surface area contributed by atoms with E-state index in [1.165, 1.54) is 0 Å². The number of anilines is 1. The van der Waals surface area contributed by atoms with Crippen LogP contribution in [0.3, 0.4) is 0 Å². The van der Waals surface area contributed by atoms with E-state index in [0.29, 0.717) is 13.1 Å².